The molecular weight excluding hydrogens is 284 g/mol. The number of carbonyl (C=O) groups is 1. The van der Waals surface area contributed by atoms with Gasteiger partial charge in [0.25, 0.3) is 0 Å². The van der Waals surface area contributed by atoms with Crippen molar-refractivity contribution in [2.75, 3.05) is 18.6 Å². The van der Waals surface area contributed by atoms with E-state index in [1.54, 1.807) is 23.9 Å². The molecule has 0 aromatic heterocycles. The Kier molecular flexibility index (Phi) is 7.70. The number of urea groups is 1. The molecule has 1 atom stereocenters. The second kappa shape index (κ2) is 9.07. The Hall–Kier alpha value is -0.910. The summed E-state index contributed by atoms with van der Waals surface area (Å²) >= 11 is 7.45. The van der Waals surface area contributed by atoms with Gasteiger partial charge in [0.15, 0.2) is 0 Å². The summed E-state index contributed by atoms with van der Waals surface area (Å²) in [5.74, 6) is 0.884. The van der Waals surface area contributed by atoms with Gasteiger partial charge in [-0.2, -0.15) is 11.8 Å². The summed E-state index contributed by atoms with van der Waals surface area (Å²) in [5.41, 5.74) is 0.975. The van der Waals surface area contributed by atoms with Gasteiger partial charge in [0.1, 0.15) is 0 Å². The molecule has 1 unspecified atom stereocenters. The van der Waals surface area contributed by atoms with Gasteiger partial charge in [-0.25, -0.2) is 4.79 Å². The number of benzene rings is 1. The van der Waals surface area contributed by atoms with Crippen molar-refractivity contribution in [2.24, 2.45) is 0 Å². The molecule has 0 fully saturated rings. The van der Waals surface area contributed by atoms with E-state index in [0.717, 1.165) is 11.3 Å². The van der Waals surface area contributed by atoms with Gasteiger partial charge >= 0.3 is 6.03 Å². The minimum atomic E-state index is -0.492. The maximum atomic E-state index is 11.5. The summed E-state index contributed by atoms with van der Waals surface area (Å²) in [5, 5.41) is 15.6. The molecule has 106 valence electrons. The number of rotatable bonds is 7. The third kappa shape index (κ3) is 7.30. The molecule has 1 aromatic carbocycles. The van der Waals surface area contributed by atoms with Crippen LogP contribution in [0.2, 0.25) is 5.02 Å². The van der Waals surface area contributed by atoms with Gasteiger partial charge in [-0.3, -0.25) is 0 Å². The first-order valence-corrected chi connectivity index (χ1v) is 7.82. The number of halogens is 1. The molecule has 0 aliphatic heterocycles. The van der Waals surface area contributed by atoms with Crippen molar-refractivity contribution >= 4 is 29.4 Å². The third-order valence-corrected chi connectivity index (χ3v) is 3.42. The Morgan fingerprint density at radius 1 is 1.37 bits per heavy atom. The lowest BCUT2D eigenvalue weighted by molar-refractivity contribution is 0.167. The van der Waals surface area contributed by atoms with Crippen LogP contribution in [0.4, 0.5) is 4.79 Å². The zero-order chi connectivity index (χ0) is 14.1. The molecule has 0 aliphatic carbocycles. The smallest absolute Gasteiger partial charge is 0.315 e. The molecule has 0 heterocycles. The molecule has 0 bridgehead atoms. The highest BCUT2D eigenvalue weighted by Crippen LogP contribution is 2.08. The monoisotopic (exact) mass is 302 g/mol. The number of aliphatic hydroxyl groups is 1. The average molecular weight is 303 g/mol. The molecule has 0 aliphatic rings. The first-order valence-electron chi connectivity index (χ1n) is 6.05. The lowest BCUT2D eigenvalue weighted by Crippen LogP contribution is -2.39. The van der Waals surface area contributed by atoms with Crippen LogP contribution in [0.25, 0.3) is 0 Å². The Morgan fingerprint density at radius 3 is 2.68 bits per heavy atom. The maximum Gasteiger partial charge on any atom is 0.315 e. The Balaban J connectivity index is 2.19. The van der Waals surface area contributed by atoms with E-state index in [1.165, 1.54) is 0 Å². The first kappa shape index (κ1) is 16.1. The van der Waals surface area contributed by atoms with Crippen LogP contribution in [0.1, 0.15) is 12.0 Å². The molecule has 2 amide bonds. The van der Waals surface area contributed by atoms with Crippen LogP contribution in [0, 0.1) is 0 Å². The van der Waals surface area contributed by atoms with E-state index in [-0.39, 0.29) is 12.6 Å². The molecule has 19 heavy (non-hydrogen) atoms. The van der Waals surface area contributed by atoms with Crippen molar-refractivity contribution in [3.63, 3.8) is 0 Å². The number of amides is 2. The molecule has 0 saturated heterocycles. The second-order valence-electron chi connectivity index (χ2n) is 4.13. The number of aliphatic hydroxyl groups excluding tert-OH is 1. The predicted molar refractivity (Wildman–Crippen MR) is 80.7 cm³/mol. The zero-order valence-electron chi connectivity index (χ0n) is 10.9. The SMILES string of the molecule is CSCCC(O)CNC(=O)NCc1ccc(Cl)cc1. The van der Waals surface area contributed by atoms with Crippen LogP contribution in [0.5, 0.6) is 0 Å². The summed E-state index contributed by atoms with van der Waals surface area (Å²) in [4.78, 5) is 11.5. The van der Waals surface area contributed by atoms with Crippen molar-refractivity contribution < 1.29 is 9.90 Å². The fourth-order valence-corrected chi connectivity index (χ4v) is 2.05. The summed E-state index contributed by atoms with van der Waals surface area (Å²) < 4.78 is 0. The number of nitrogens with one attached hydrogen (secondary N) is 2. The molecule has 3 N–H and O–H groups in total. The van der Waals surface area contributed by atoms with Crippen molar-refractivity contribution in [1.29, 1.82) is 0 Å². The standard InChI is InChI=1S/C13H19ClN2O2S/c1-19-7-6-12(17)9-16-13(18)15-8-10-2-4-11(14)5-3-10/h2-5,12,17H,6-9H2,1H3,(H2,15,16,18). The highest BCUT2D eigenvalue weighted by atomic mass is 35.5. The predicted octanol–water partition coefficient (Wildman–Crippen LogP) is 2.25. The molecule has 1 rings (SSSR count). The highest BCUT2D eigenvalue weighted by molar-refractivity contribution is 7.98. The number of carbonyl (C=O) groups excluding carboxylic acids is 1. The second-order valence-corrected chi connectivity index (χ2v) is 5.55. The fraction of sp³-hybridized carbons (Fsp3) is 0.462. The van der Waals surface area contributed by atoms with Crippen LogP contribution < -0.4 is 10.6 Å². The van der Waals surface area contributed by atoms with Gasteiger partial charge in [-0.1, -0.05) is 23.7 Å². The van der Waals surface area contributed by atoms with Crippen molar-refractivity contribution in [3.05, 3.63) is 34.9 Å². The van der Waals surface area contributed by atoms with E-state index >= 15 is 0 Å². The maximum absolute atomic E-state index is 11.5. The van der Waals surface area contributed by atoms with E-state index < -0.39 is 6.10 Å². The highest BCUT2D eigenvalue weighted by Gasteiger charge is 2.06. The van der Waals surface area contributed by atoms with Gasteiger partial charge in [-0.05, 0) is 36.1 Å². The van der Waals surface area contributed by atoms with Crippen LogP contribution in [0.15, 0.2) is 24.3 Å². The number of hydrogen-bond donors (Lipinski definition) is 3. The van der Waals surface area contributed by atoms with Gasteiger partial charge in [0.2, 0.25) is 0 Å². The molecule has 0 spiro atoms. The molecule has 0 saturated carbocycles. The topological polar surface area (TPSA) is 61.4 Å². The Bertz CT molecular complexity index is 387. The quantitative estimate of drug-likeness (QED) is 0.724. The zero-order valence-corrected chi connectivity index (χ0v) is 12.4. The Morgan fingerprint density at radius 2 is 2.05 bits per heavy atom. The third-order valence-electron chi connectivity index (χ3n) is 2.52. The molecular formula is C13H19ClN2O2S. The number of hydrogen-bond acceptors (Lipinski definition) is 3. The van der Waals surface area contributed by atoms with Gasteiger partial charge in [-0.15, -0.1) is 0 Å². The molecule has 0 radical (unpaired) electrons. The minimum absolute atomic E-state index is 0.271. The van der Waals surface area contributed by atoms with E-state index in [9.17, 15) is 9.90 Å². The largest absolute Gasteiger partial charge is 0.391 e. The summed E-state index contributed by atoms with van der Waals surface area (Å²) in [6, 6.07) is 7.00. The van der Waals surface area contributed by atoms with Crippen molar-refractivity contribution in [1.82, 2.24) is 10.6 Å². The van der Waals surface area contributed by atoms with Gasteiger partial charge in [0.05, 0.1) is 6.10 Å². The summed E-state index contributed by atoms with van der Waals surface area (Å²) in [6.07, 6.45) is 2.17. The van der Waals surface area contributed by atoms with Crippen molar-refractivity contribution in [2.45, 2.75) is 19.1 Å². The first-order chi connectivity index (χ1) is 9.11. The van der Waals surface area contributed by atoms with Crippen LogP contribution in [0.3, 0.4) is 0 Å². The lowest BCUT2D eigenvalue weighted by atomic mass is 10.2. The normalized spacial score (nSPS) is 11.9. The lowest BCUT2D eigenvalue weighted by Gasteiger charge is -2.12. The average Bonchev–Trinajstić information content (AvgIpc) is 2.42. The van der Waals surface area contributed by atoms with Crippen LogP contribution in [-0.2, 0) is 6.54 Å². The van der Waals surface area contributed by atoms with Crippen LogP contribution in [-0.4, -0.2) is 35.8 Å². The summed E-state index contributed by atoms with van der Waals surface area (Å²) in [7, 11) is 0. The molecule has 4 nitrogen and oxygen atoms in total. The van der Waals surface area contributed by atoms with Gasteiger partial charge < -0.3 is 15.7 Å². The van der Waals surface area contributed by atoms with Crippen LogP contribution >= 0.6 is 23.4 Å². The number of thioether (sulfide) groups is 1. The van der Waals surface area contributed by atoms with E-state index in [1.807, 2.05) is 18.4 Å². The summed E-state index contributed by atoms with van der Waals surface area (Å²) in [6.45, 7) is 0.705. The van der Waals surface area contributed by atoms with E-state index in [0.29, 0.717) is 18.0 Å². The van der Waals surface area contributed by atoms with Gasteiger partial charge in [0, 0.05) is 18.1 Å². The Labute approximate surface area is 122 Å². The van der Waals surface area contributed by atoms with E-state index in [2.05, 4.69) is 10.6 Å². The minimum Gasteiger partial charge on any atom is -0.391 e. The molecule has 1 aromatic rings. The van der Waals surface area contributed by atoms with Crippen molar-refractivity contribution in [3.8, 4) is 0 Å². The molecule has 6 heteroatoms. The fourth-order valence-electron chi connectivity index (χ4n) is 1.41. The van der Waals surface area contributed by atoms with E-state index in [4.69, 9.17) is 11.6 Å².